The van der Waals surface area contributed by atoms with Gasteiger partial charge in [0.05, 0.1) is 17.7 Å². The van der Waals surface area contributed by atoms with Crippen LogP contribution in [0, 0.1) is 12.8 Å². The van der Waals surface area contributed by atoms with Gasteiger partial charge in [0.2, 0.25) is 5.91 Å². The Kier molecular flexibility index (Phi) is 3.68. The molecule has 1 aromatic heterocycles. The van der Waals surface area contributed by atoms with E-state index in [0.717, 1.165) is 16.9 Å². The number of amides is 1. The van der Waals surface area contributed by atoms with Gasteiger partial charge < -0.3 is 15.2 Å². The van der Waals surface area contributed by atoms with E-state index in [9.17, 15) is 9.59 Å². The molecule has 18 heavy (non-hydrogen) atoms. The number of carboxylic acid groups (broad SMARTS) is 1. The lowest BCUT2D eigenvalue weighted by Crippen LogP contribution is -2.28. The fourth-order valence-electron chi connectivity index (χ4n) is 2.05. The van der Waals surface area contributed by atoms with Crippen molar-refractivity contribution in [2.24, 2.45) is 5.92 Å². The Bertz CT molecular complexity index is 482. The van der Waals surface area contributed by atoms with Gasteiger partial charge in [0.25, 0.3) is 0 Å². The van der Waals surface area contributed by atoms with Crippen LogP contribution in [-0.2, 0) is 9.53 Å². The molecule has 1 fully saturated rings. The molecule has 2 N–H and O–H groups in total. The van der Waals surface area contributed by atoms with Crippen LogP contribution in [0.15, 0.2) is 5.38 Å². The highest BCUT2D eigenvalue weighted by molar-refractivity contribution is 7.12. The van der Waals surface area contributed by atoms with Crippen molar-refractivity contribution >= 4 is 28.9 Å². The lowest BCUT2D eigenvalue weighted by atomic mass is 10.0. The van der Waals surface area contributed by atoms with Crippen molar-refractivity contribution in [1.82, 2.24) is 0 Å². The van der Waals surface area contributed by atoms with Crippen LogP contribution in [0.3, 0.4) is 0 Å². The van der Waals surface area contributed by atoms with E-state index in [1.165, 1.54) is 0 Å². The molecule has 0 aliphatic carbocycles. The maximum absolute atomic E-state index is 12.1. The smallest absolute Gasteiger partial charge is 0.348 e. The molecule has 98 valence electrons. The van der Waals surface area contributed by atoms with E-state index in [4.69, 9.17) is 9.84 Å². The summed E-state index contributed by atoms with van der Waals surface area (Å²) >= 11 is 1.12. The third kappa shape index (κ3) is 2.39. The summed E-state index contributed by atoms with van der Waals surface area (Å²) in [6.07, 6.45) is 0.565. The minimum Gasteiger partial charge on any atom is -0.477 e. The molecule has 2 unspecified atom stereocenters. The highest BCUT2D eigenvalue weighted by Crippen LogP contribution is 2.29. The average molecular weight is 269 g/mol. The maximum Gasteiger partial charge on any atom is 0.348 e. The Morgan fingerprint density at radius 3 is 2.83 bits per heavy atom. The first-order valence-corrected chi connectivity index (χ1v) is 6.62. The molecular formula is C12H15NO4S. The summed E-state index contributed by atoms with van der Waals surface area (Å²) in [5, 5.41) is 13.5. The van der Waals surface area contributed by atoms with Gasteiger partial charge in [0.1, 0.15) is 4.88 Å². The molecule has 1 saturated heterocycles. The molecule has 0 saturated carbocycles. The van der Waals surface area contributed by atoms with Gasteiger partial charge in [-0.15, -0.1) is 11.3 Å². The second kappa shape index (κ2) is 5.07. The molecule has 2 rings (SSSR count). The van der Waals surface area contributed by atoms with Gasteiger partial charge in [-0.25, -0.2) is 4.79 Å². The number of aryl methyl sites for hydroxylation is 1. The summed E-state index contributed by atoms with van der Waals surface area (Å²) in [7, 11) is 0. The number of aromatic carboxylic acids is 1. The van der Waals surface area contributed by atoms with Crippen LogP contribution in [0.4, 0.5) is 5.69 Å². The highest BCUT2D eigenvalue weighted by atomic mass is 32.1. The lowest BCUT2D eigenvalue weighted by molar-refractivity contribution is -0.121. The van der Waals surface area contributed by atoms with E-state index in [0.29, 0.717) is 18.7 Å². The van der Waals surface area contributed by atoms with E-state index >= 15 is 0 Å². The van der Waals surface area contributed by atoms with E-state index in [2.05, 4.69) is 5.32 Å². The molecule has 0 radical (unpaired) electrons. The first-order chi connectivity index (χ1) is 8.50. The summed E-state index contributed by atoms with van der Waals surface area (Å²) in [5.74, 6) is -1.38. The molecule has 6 heteroatoms. The van der Waals surface area contributed by atoms with Crippen molar-refractivity contribution < 1.29 is 19.4 Å². The minimum atomic E-state index is -1.01. The summed E-state index contributed by atoms with van der Waals surface area (Å²) < 4.78 is 5.34. The standard InChI is InChI=1S/C12H15NO4S/c1-6-5-18-10(12(15)16)9(6)13-11(14)8-3-4-17-7(8)2/h5,7-8H,3-4H2,1-2H3,(H,13,14)(H,15,16). The second-order valence-electron chi connectivity index (χ2n) is 4.39. The highest BCUT2D eigenvalue weighted by Gasteiger charge is 2.31. The van der Waals surface area contributed by atoms with Crippen molar-refractivity contribution in [3.05, 3.63) is 15.8 Å². The molecule has 0 spiro atoms. The number of hydrogen-bond donors (Lipinski definition) is 2. The molecule has 0 aromatic carbocycles. The van der Waals surface area contributed by atoms with Gasteiger partial charge in [0, 0.05) is 6.61 Å². The van der Waals surface area contributed by atoms with Gasteiger partial charge in [-0.2, -0.15) is 0 Å². The summed E-state index contributed by atoms with van der Waals surface area (Å²) in [6.45, 7) is 4.22. The van der Waals surface area contributed by atoms with Crippen molar-refractivity contribution in [2.45, 2.75) is 26.4 Å². The van der Waals surface area contributed by atoms with Gasteiger partial charge in [-0.1, -0.05) is 0 Å². The SMILES string of the molecule is Cc1csc(C(=O)O)c1NC(=O)C1CCOC1C. The van der Waals surface area contributed by atoms with E-state index < -0.39 is 5.97 Å². The molecule has 2 heterocycles. The van der Waals surface area contributed by atoms with Crippen LogP contribution in [0.1, 0.15) is 28.6 Å². The van der Waals surface area contributed by atoms with Crippen LogP contribution < -0.4 is 5.32 Å². The number of rotatable bonds is 3. The van der Waals surface area contributed by atoms with E-state index in [1.807, 2.05) is 6.92 Å². The third-order valence-corrected chi connectivity index (χ3v) is 4.22. The van der Waals surface area contributed by atoms with Crippen molar-refractivity contribution in [3.8, 4) is 0 Å². The average Bonchev–Trinajstić information content (AvgIpc) is 2.86. The summed E-state index contributed by atoms with van der Waals surface area (Å²) in [5.41, 5.74) is 1.19. The van der Waals surface area contributed by atoms with Crippen LogP contribution in [0.25, 0.3) is 0 Å². The van der Waals surface area contributed by atoms with E-state index in [-0.39, 0.29) is 22.8 Å². The van der Waals surface area contributed by atoms with Crippen LogP contribution in [-0.4, -0.2) is 29.7 Å². The lowest BCUT2D eigenvalue weighted by Gasteiger charge is -2.14. The number of anilines is 1. The molecular weight excluding hydrogens is 254 g/mol. The van der Waals surface area contributed by atoms with Crippen molar-refractivity contribution in [3.63, 3.8) is 0 Å². The summed E-state index contributed by atoms with van der Waals surface area (Å²) in [6, 6.07) is 0. The van der Waals surface area contributed by atoms with Gasteiger partial charge in [-0.3, -0.25) is 4.79 Å². The molecule has 1 amide bonds. The van der Waals surface area contributed by atoms with E-state index in [1.54, 1.807) is 12.3 Å². The summed E-state index contributed by atoms with van der Waals surface area (Å²) in [4.78, 5) is 23.3. The predicted octanol–water partition coefficient (Wildman–Crippen LogP) is 2.12. The Balaban J connectivity index is 2.16. The molecule has 1 aromatic rings. The molecule has 5 nitrogen and oxygen atoms in total. The number of nitrogens with one attached hydrogen (secondary N) is 1. The first-order valence-electron chi connectivity index (χ1n) is 5.74. The topological polar surface area (TPSA) is 75.6 Å². The predicted molar refractivity (Wildman–Crippen MR) is 68.2 cm³/mol. The molecule has 0 bridgehead atoms. The number of thiophene rings is 1. The Morgan fingerprint density at radius 2 is 2.28 bits per heavy atom. The van der Waals surface area contributed by atoms with Gasteiger partial charge in [0.15, 0.2) is 0 Å². The zero-order valence-electron chi connectivity index (χ0n) is 10.2. The number of carbonyl (C=O) groups is 2. The first kappa shape index (κ1) is 13.0. The van der Waals surface area contributed by atoms with Crippen LogP contribution in [0.5, 0.6) is 0 Å². The monoisotopic (exact) mass is 269 g/mol. The second-order valence-corrected chi connectivity index (χ2v) is 5.27. The van der Waals surface area contributed by atoms with Crippen LogP contribution >= 0.6 is 11.3 Å². The number of carbonyl (C=O) groups excluding carboxylic acids is 1. The van der Waals surface area contributed by atoms with Gasteiger partial charge in [-0.05, 0) is 31.2 Å². The number of hydrogen-bond acceptors (Lipinski definition) is 4. The zero-order valence-corrected chi connectivity index (χ0v) is 11.0. The molecule has 2 atom stereocenters. The quantitative estimate of drug-likeness (QED) is 0.881. The Morgan fingerprint density at radius 1 is 1.56 bits per heavy atom. The number of carboxylic acids is 1. The zero-order chi connectivity index (χ0) is 13.3. The van der Waals surface area contributed by atoms with Crippen molar-refractivity contribution in [1.29, 1.82) is 0 Å². The minimum absolute atomic E-state index is 0.114. The normalized spacial score (nSPS) is 23.0. The molecule has 1 aliphatic heterocycles. The number of ether oxygens (including phenoxy) is 1. The van der Waals surface area contributed by atoms with Crippen molar-refractivity contribution in [2.75, 3.05) is 11.9 Å². The fraction of sp³-hybridized carbons (Fsp3) is 0.500. The Hall–Kier alpha value is -1.40. The largest absolute Gasteiger partial charge is 0.477 e. The Labute approximate surface area is 109 Å². The maximum atomic E-state index is 12.1. The fourth-order valence-corrected chi connectivity index (χ4v) is 2.89. The third-order valence-electron chi connectivity index (χ3n) is 3.13. The van der Waals surface area contributed by atoms with Gasteiger partial charge >= 0.3 is 5.97 Å². The molecule has 1 aliphatic rings. The van der Waals surface area contributed by atoms with Crippen LogP contribution in [0.2, 0.25) is 0 Å².